The molecular formula is C44H53Cl2SiZr. The molecule has 2 atom stereocenters. The molecule has 0 fully saturated rings. The quantitative estimate of drug-likeness (QED) is 0.119. The molecule has 48 heavy (non-hydrogen) atoms. The maximum atomic E-state index is 8.77. The Bertz CT molecular complexity index is 1740. The molecule has 0 bridgehead atoms. The Labute approximate surface area is 299 Å². The van der Waals surface area contributed by atoms with Gasteiger partial charge in [-0.1, -0.05) is 0 Å². The van der Waals surface area contributed by atoms with Crippen LogP contribution in [-0.2, 0) is 28.4 Å². The van der Waals surface area contributed by atoms with E-state index in [1.54, 1.807) is 0 Å². The van der Waals surface area contributed by atoms with Crippen molar-refractivity contribution in [1.29, 1.82) is 0 Å². The fourth-order valence-electron chi connectivity index (χ4n) is 9.09. The minimum atomic E-state index is -4.84. The van der Waals surface area contributed by atoms with E-state index in [0.717, 1.165) is 51.4 Å². The van der Waals surface area contributed by atoms with Gasteiger partial charge in [-0.05, 0) is 0 Å². The molecule has 0 radical (unpaired) electrons. The van der Waals surface area contributed by atoms with Gasteiger partial charge in [0.05, 0.1) is 0 Å². The van der Waals surface area contributed by atoms with Crippen molar-refractivity contribution in [2.75, 3.05) is 0 Å². The van der Waals surface area contributed by atoms with Crippen LogP contribution in [0.15, 0.2) is 96.1 Å². The van der Waals surface area contributed by atoms with Crippen molar-refractivity contribution in [3.8, 4) is 22.3 Å². The van der Waals surface area contributed by atoms with E-state index in [2.05, 4.69) is 138 Å². The van der Waals surface area contributed by atoms with Crippen molar-refractivity contribution < 1.29 is 15.6 Å². The van der Waals surface area contributed by atoms with Crippen molar-refractivity contribution in [1.82, 2.24) is 0 Å². The second-order valence-corrected chi connectivity index (χ2v) is 57.1. The van der Waals surface area contributed by atoms with Gasteiger partial charge < -0.3 is 0 Å². The Hall–Kier alpha value is -1.96. The second kappa shape index (κ2) is 14.7. The van der Waals surface area contributed by atoms with E-state index in [9.17, 15) is 0 Å². The molecule has 0 aliphatic heterocycles. The van der Waals surface area contributed by atoms with E-state index in [1.165, 1.54) is 66.8 Å². The Morgan fingerprint density at radius 2 is 0.875 bits per heavy atom. The topological polar surface area (TPSA) is 0 Å². The third-order valence-corrected chi connectivity index (χ3v) is 63.1. The molecule has 0 nitrogen and oxygen atoms in total. The van der Waals surface area contributed by atoms with Gasteiger partial charge in [0.1, 0.15) is 0 Å². The number of allylic oxidation sites excluding steroid dienone is 2. The van der Waals surface area contributed by atoms with Gasteiger partial charge in [-0.3, -0.25) is 0 Å². The number of aryl methyl sites for hydroxylation is 2. The normalized spacial score (nSPS) is 17.9. The average molecular weight is 772 g/mol. The van der Waals surface area contributed by atoms with E-state index in [4.69, 9.17) is 17.0 Å². The average Bonchev–Trinajstić information content (AvgIpc) is 3.65. The molecule has 2 aliphatic rings. The zero-order valence-electron chi connectivity index (χ0n) is 29.9. The Morgan fingerprint density at radius 3 is 1.25 bits per heavy atom. The summed E-state index contributed by atoms with van der Waals surface area (Å²) in [5.74, 6) is -1.63. The first-order chi connectivity index (χ1) is 23.2. The molecule has 0 heterocycles. The molecule has 251 valence electrons. The number of benzene rings is 4. The van der Waals surface area contributed by atoms with Crippen molar-refractivity contribution in [2.24, 2.45) is 0 Å². The third-order valence-electron chi connectivity index (χ3n) is 11.2. The van der Waals surface area contributed by atoms with E-state index in [0.29, 0.717) is 0 Å². The van der Waals surface area contributed by atoms with Gasteiger partial charge in [-0.2, -0.15) is 0 Å². The number of halogens is 2. The summed E-state index contributed by atoms with van der Waals surface area (Å²) in [6.07, 6.45) is 13.8. The summed E-state index contributed by atoms with van der Waals surface area (Å²) >= 11 is -4.84. The molecular weight excluding hydrogens is 719 g/mol. The molecule has 4 aromatic carbocycles. The molecule has 4 heteroatoms. The summed E-state index contributed by atoms with van der Waals surface area (Å²) in [5.41, 5.74) is 16.8. The van der Waals surface area contributed by atoms with Gasteiger partial charge in [0.25, 0.3) is 0 Å². The van der Waals surface area contributed by atoms with Gasteiger partial charge in [0.15, 0.2) is 0 Å². The summed E-state index contributed by atoms with van der Waals surface area (Å²) in [4.78, 5) is 0. The fourth-order valence-corrected chi connectivity index (χ4v) is 40.6. The molecule has 0 N–H and O–H groups in total. The molecule has 0 spiro atoms. The molecule has 0 saturated heterocycles. The van der Waals surface area contributed by atoms with Crippen molar-refractivity contribution in [3.05, 3.63) is 129 Å². The van der Waals surface area contributed by atoms with E-state index in [-0.39, 0.29) is 7.25 Å². The SMILES string of the molecule is CCCC1=Cc2c(-c3ccccc3CCC)cccc2[CH]1[Zr]([Cl])([Cl])([CH]1C(CCC)=Cc2c(-c3ccccc3CCC)cccc21)[SiH](C)C. The summed E-state index contributed by atoms with van der Waals surface area (Å²) < 4.78 is 0.254. The van der Waals surface area contributed by atoms with Crippen LogP contribution in [0.3, 0.4) is 0 Å². The summed E-state index contributed by atoms with van der Waals surface area (Å²) in [5, 5.41) is 0. The molecule has 0 aromatic heterocycles. The first-order valence-electron chi connectivity index (χ1n) is 18.6. The maximum absolute atomic E-state index is 8.77. The van der Waals surface area contributed by atoms with Gasteiger partial charge in [0, 0.05) is 0 Å². The van der Waals surface area contributed by atoms with E-state index >= 15 is 0 Å². The summed E-state index contributed by atoms with van der Waals surface area (Å²) in [7, 11) is 17.5. The minimum absolute atomic E-state index is 0.127. The van der Waals surface area contributed by atoms with Crippen LogP contribution in [0.25, 0.3) is 34.4 Å². The van der Waals surface area contributed by atoms with Crippen LogP contribution >= 0.6 is 17.0 Å². The first kappa shape index (κ1) is 35.9. The van der Waals surface area contributed by atoms with Gasteiger partial charge in [-0.15, -0.1) is 0 Å². The molecule has 0 saturated carbocycles. The number of hydrogen-bond acceptors (Lipinski definition) is 0. The third kappa shape index (κ3) is 6.06. The van der Waals surface area contributed by atoms with Crippen LogP contribution < -0.4 is 0 Å². The number of rotatable bonds is 13. The monoisotopic (exact) mass is 769 g/mol. The van der Waals surface area contributed by atoms with Crippen LogP contribution in [0.1, 0.15) is 107 Å². The van der Waals surface area contributed by atoms with Crippen molar-refractivity contribution in [2.45, 2.75) is 99.4 Å². The molecule has 2 aliphatic carbocycles. The van der Waals surface area contributed by atoms with Crippen LogP contribution in [0.2, 0.25) is 13.1 Å². The van der Waals surface area contributed by atoms with Crippen LogP contribution in [0.4, 0.5) is 0 Å². The summed E-state index contributed by atoms with van der Waals surface area (Å²) in [6, 6.07) is 32.0. The predicted molar refractivity (Wildman–Crippen MR) is 214 cm³/mol. The summed E-state index contributed by atoms with van der Waals surface area (Å²) in [6.45, 7) is 14.1. The van der Waals surface area contributed by atoms with E-state index in [1.807, 2.05) is 0 Å². The van der Waals surface area contributed by atoms with Crippen LogP contribution in [-0.4, -0.2) is 5.92 Å². The molecule has 0 amide bonds. The molecule has 4 aromatic rings. The predicted octanol–water partition coefficient (Wildman–Crippen LogP) is 14.1. The Morgan fingerprint density at radius 1 is 0.500 bits per heavy atom. The zero-order valence-corrected chi connectivity index (χ0v) is 35.0. The molecule has 2 unspecified atom stereocenters. The number of hydrogen-bond donors (Lipinski definition) is 0. The Kier molecular flexibility index (Phi) is 11.0. The first-order valence-corrected chi connectivity index (χ1v) is 34.9. The van der Waals surface area contributed by atoms with Gasteiger partial charge in [-0.25, -0.2) is 0 Å². The molecule has 6 rings (SSSR count). The zero-order chi connectivity index (χ0) is 34.1. The second-order valence-electron chi connectivity index (χ2n) is 14.6. The Balaban J connectivity index is 1.59. The van der Waals surface area contributed by atoms with E-state index < -0.39 is 21.5 Å². The standard InChI is InChI=1S/2C21H23.C2H7Si.2ClH.Zr/c2*1-3-8-16-14-18-11-7-13-20(21(18)15-16)19-12-6-5-10-17(19)9-4-2;1-3-2;;;/h2*5-7,10-15H,3-4,8-9H2,1-2H3;3H,1-2H3;2*1H;/q;;;;;+2/p-2. The van der Waals surface area contributed by atoms with Gasteiger partial charge in [0.2, 0.25) is 0 Å². The number of fused-ring (bicyclic) bond motifs is 2. The van der Waals surface area contributed by atoms with Crippen molar-refractivity contribution in [3.63, 3.8) is 0 Å². The van der Waals surface area contributed by atoms with Crippen molar-refractivity contribution >= 4 is 35.1 Å². The van der Waals surface area contributed by atoms with Crippen LogP contribution in [0, 0.1) is 0 Å². The van der Waals surface area contributed by atoms with Crippen LogP contribution in [0.5, 0.6) is 0 Å². The fraction of sp³-hybridized carbons (Fsp3) is 0.364. The van der Waals surface area contributed by atoms with Gasteiger partial charge >= 0.3 is 302 Å².